The Morgan fingerprint density at radius 3 is 2.32 bits per heavy atom. The van der Waals surface area contributed by atoms with Crippen LogP contribution in [-0.4, -0.2) is 60.3 Å². The predicted molar refractivity (Wildman–Crippen MR) is 80.3 cm³/mol. The van der Waals surface area contributed by atoms with Crippen molar-refractivity contribution in [2.75, 3.05) is 39.8 Å². The van der Waals surface area contributed by atoms with Crippen LogP contribution in [0.5, 0.6) is 0 Å². The van der Waals surface area contributed by atoms with Gasteiger partial charge in [0.25, 0.3) is 0 Å². The lowest BCUT2D eigenvalue weighted by atomic mass is 9.71. The maximum absolute atomic E-state index is 9.90. The summed E-state index contributed by atoms with van der Waals surface area (Å²) < 4.78 is 0. The van der Waals surface area contributed by atoms with Crippen molar-refractivity contribution in [1.29, 1.82) is 0 Å². The Bertz CT molecular complexity index is 295. The topological polar surface area (TPSA) is 26.7 Å². The van der Waals surface area contributed by atoms with Gasteiger partial charge in [0, 0.05) is 43.7 Å². The van der Waals surface area contributed by atoms with E-state index in [0.29, 0.717) is 6.61 Å². The molecule has 3 nitrogen and oxygen atoms in total. The van der Waals surface area contributed by atoms with Gasteiger partial charge in [0.15, 0.2) is 0 Å². The maximum atomic E-state index is 9.90. The molecule has 1 aliphatic carbocycles. The molecule has 1 saturated heterocycles. The van der Waals surface area contributed by atoms with E-state index in [9.17, 15) is 5.11 Å². The number of likely N-dealkylation sites (N-methyl/N-ethyl adjacent to an activating group) is 1. The minimum atomic E-state index is 0.179. The molecule has 0 radical (unpaired) electrons. The highest BCUT2D eigenvalue weighted by molar-refractivity contribution is 4.93. The minimum Gasteiger partial charge on any atom is -0.396 e. The summed E-state index contributed by atoms with van der Waals surface area (Å²) in [6.45, 7) is 11.9. The van der Waals surface area contributed by atoms with Gasteiger partial charge in [-0.05, 0) is 39.7 Å². The Morgan fingerprint density at radius 2 is 1.79 bits per heavy atom. The first-order chi connectivity index (χ1) is 8.87. The third kappa shape index (κ3) is 3.50. The fraction of sp³-hybridized carbons (Fsp3) is 1.00. The van der Waals surface area contributed by atoms with E-state index >= 15 is 0 Å². The van der Waals surface area contributed by atoms with E-state index in [1.54, 1.807) is 0 Å². The standard InChI is InChI=1S/C16H32N2O/c1-14-5-7-16(13-19,8-6-14)12-18-10-9-17(4)15(2,3)11-18/h14,19H,5-13H2,1-4H3. The summed E-state index contributed by atoms with van der Waals surface area (Å²) in [6, 6.07) is 0. The lowest BCUT2D eigenvalue weighted by molar-refractivity contribution is -0.0175. The van der Waals surface area contributed by atoms with Gasteiger partial charge in [0.05, 0.1) is 0 Å². The molecule has 1 N–H and O–H groups in total. The zero-order valence-corrected chi connectivity index (χ0v) is 13.3. The van der Waals surface area contributed by atoms with Gasteiger partial charge in [-0.15, -0.1) is 0 Å². The number of hydrogen-bond donors (Lipinski definition) is 1. The molecule has 0 bridgehead atoms. The van der Waals surface area contributed by atoms with Crippen LogP contribution >= 0.6 is 0 Å². The third-order valence-corrected chi connectivity index (χ3v) is 5.62. The molecule has 1 aliphatic heterocycles. The van der Waals surface area contributed by atoms with Crippen molar-refractivity contribution < 1.29 is 5.11 Å². The molecular weight excluding hydrogens is 236 g/mol. The van der Waals surface area contributed by atoms with Crippen molar-refractivity contribution in [2.45, 2.75) is 52.0 Å². The molecule has 19 heavy (non-hydrogen) atoms. The fourth-order valence-corrected chi connectivity index (χ4v) is 3.69. The van der Waals surface area contributed by atoms with Crippen molar-refractivity contribution in [1.82, 2.24) is 9.80 Å². The van der Waals surface area contributed by atoms with Gasteiger partial charge < -0.3 is 5.11 Å². The molecule has 0 amide bonds. The fourth-order valence-electron chi connectivity index (χ4n) is 3.69. The maximum Gasteiger partial charge on any atom is 0.0499 e. The molecule has 0 unspecified atom stereocenters. The molecule has 1 saturated carbocycles. The van der Waals surface area contributed by atoms with Gasteiger partial charge >= 0.3 is 0 Å². The first kappa shape index (κ1) is 15.3. The monoisotopic (exact) mass is 268 g/mol. The summed E-state index contributed by atoms with van der Waals surface area (Å²) in [7, 11) is 2.22. The summed E-state index contributed by atoms with van der Waals surface area (Å²) in [5.41, 5.74) is 0.440. The highest BCUT2D eigenvalue weighted by Crippen LogP contribution is 2.39. The van der Waals surface area contributed by atoms with Crippen LogP contribution in [0.15, 0.2) is 0 Å². The van der Waals surface area contributed by atoms with Gasteiger partial charge in [-0.3, -0.25) is 9.80 Å². The van der Waals surface area contributed by atoms with E-state index in [-0.39, 0.29) is 11.0 Å². The van der Waals surface area contributed by atoms with E-state index < -0.39 is 0 Å². The Kier molecular flexibility index (Phi) is 4.59. The Labute approximate surface area is 119 Å². The van der Waals surface area contributed by atoms with E-state index in [0.717, 1.165) is 32.1 Å². The van der Waals surface area contributed by atoms with Crippen LogP contribution in [0.2, 0.25) is 0 Å². The highest BCUT2D eigenvalue weighted by atomic mass is 16.3. The van der Waals surface area contributed by atoms with Gasteiger partial charge in [0.1, 0.15) is 0 Å². The molecule has 0 aromatic rings. The molecule has 3 heteroatoms. The Morgan fingerprint density at radius 1 is 1.16 bits per heavy atom. The quantitative estimate of drug-likeness (QED) is 0.850. The van der Waals surface area contributed by atoms with Crippen molar-refractivity contribution in [3.8, 4) is 0 Å². The summed E-state index contributed by atoms with van der Waals surface area (Å²) in [4.78, 5) is 5.05. The van der Waals surface area contributed by atoms with Gasteiger partial charge in [0.2, 0.25) is 0 Å². The summed E-state index contributed by atoms with van der Waals surface area (Å²) in [5, 5.41) is 9.90. The van der Waals surface area contributed by atoms with Crippen LogP contribution in [0.1, 0.15) is 46.5 Å². The zero-order chi connectivity index (χ0) is 14.1. The molecule has 2 aliphatic rings. The Hall–Kier alpha value is -0.120. The summed E-state index contributed by atoms with van der Waals surface area (Å²) >= 11 is 0. The van der Waals surface area contributed by atoms with Gasteiger partial charge in [-0.25, -0.2) is 0 Å². The second kappa shape index (κ2) is 5.71. The van der Waals surface area contributed by atoms with Crippen LogP contribution < -0.4 is 0 Å². The number of aliphatic hydroxyl groups is 1. The van der Waals surface area contributed by atoms with Crippen LogP contribution in [0.4, 0.5) is 0 Å². The largest absolute Gasteiger partial charge is 0.396 e. The van der Waals surface area contributed by atoms with Crippen molar-refractivity contribution >= 4 is 0 Å². The molecule has 2 fully saturated rings. The molecule has 0 atom stereocenters. The SMILES string of the molecule is CC1CCC(CO)(CN2CCN(C)C(C)(C)C2)CC1. The van der Waals surface area contributed by atoms with E-state index in [4.69, 9.17) is 0 Å². The molecule has 1 heterocycles. The number of hydrogen-bond acceptors (Lipinski definition) is 3. The number of aliphatic hydroxyl groups excluding tert-OH is 1. The van der Waals surface area contributed by atoms with Gasteiger partial charge in [-0.2, -0.15) is 0 Å². The number of piperazine rings is 1. The smallest absolute Gasteiger partial charge is 0.0499 e. The zero-order valence-electron chi connectivity index (χ0n) is 13.3. The predicted octanol–water partition coefficient (Wildman–Crippen LogP) is 2.20. The van der Waals surface area contributed by atoms with Crippen LogP contribution in [0, 0.1) is 11.3 Å². The lowest BCUT2D eigenvalue weighted by Gasteiger charge is -2.49. The van der Waals surface area contributed by atoms with Crippen molar-refractivity contribution in [3.05, 3.63) is 0 Å². The normalized spacial score (nSPS) is 37.4. The minimum absolute atomic E-state index is 0.179. The van der Waals surface area contributed by atoms with E-state index in [2.05, 4.69) is 37.6 Å². The second-order valence-corrected chi connectivity index (χ2v) is 7.79. The lowest BCUT2D eigenvalue weighted by Crippen LogP contribution is -2.59. The van der Waals surface area contributed by atoms with Crippen LogP contribution in [-0.2, 0) is 0 Å². The molecular formula is C16H32N2O. The summed E-state index contributed by atoms with van der Waals surface area (Å²) in [5.74, 6) is 0.851. The van der Waals surface area contributed by atoms with Crippen LogP contribution in [0.25, 0.3) is 0 Å². The molecule has 2 rings (SSSR count). The first-order valence-corrected chi connectivity index (χ1v) is 7.91. The molecule has 0 spiro atoms. The third-order valence-electron chi connectivity index (χ3n) is 5.62. The number of nitrogens with zero attached hydrogens (tertiary/aromatic N) is 2. The van der Waals surface area contributed by atoms with Gasteiger partial charge in [-0.1, -0.05) is 19.8 Å². The van der Waals surface area contributed by atoms with Crippen LogP contribution in [0.3, 0.4) is 0 Å². The van der Waals surface area contributed by atoms with E-state index in [1.165, 1.54) is 25.7 Å². The van der Waals surface area contributed by atoms with Crippen molar-refractivity contribution in [3.63, 3.8) is 0 Å². The number of rotatable bonds is 3. The highest BCUT2D eigenvalue weighted by Gasteiger charge is 2.38. The molecule has 0 aromatic heterocycles. The first-order valence-electron chi connectivity index (χ1n) is 7.91. The van der Waals surface area contributed by atoms with E-state index in [1.807, 2.05) is 0 Å². The van der Waals surface area contributed by atoms with Crippen molar-refractivity contribution in [2.24, 2.45) is 11.3 Å². The molecule has 0 aromatic carbocycles. The molecule has 112 valence electrons. The Balaban J connectivity index is 1.95. The average molecular weight is 268 g/mol. The average Bonchev–Trinajstić information content (AvgIpc) is 2.37. The second-order valence-electron chi connectivity index (χ2n) is 7.79. The summed E-state index contributed by atoms with van der Waals surface area (Å²) in [6.07, 6.45) is 4.99.